The lowest BCUT2D eigenvalue weighted by molar-refractivity contribution is -0.137. The summed E-state index contributed by atoms with van der Waals surface area (Å²) in [6, 6.07) is 8.31. The van der Waals surface area contributed by atoms with Crippen molar-refractivity contribution < 1.29 is 14.4 Å². The second kappa shape index (κ2) is 9.22. The van der Waals surface area contributed by atoms with E-state index in [-0.39, 0.29) is 29.7 Å². The van der Waals surface area contributed by atoms with Crippen molar-refractivity contribution >= 4 is 17.7 Å². The zero-order valence-electron chi connectivity index (χ0n) is 16.9. The number of hydrogen-bond acceptors (Lipinski definition) is 3. The zero-order valence-corrected chi connectivity index (χ0v) is 16.9. The molecule has 152 valence electrons. The van der Waals surface area contributed by atoms with Crippen molar-refractivity contribution in [2.75, 3.05) is 26.2 Å². The van der Waals surface area contributed by atoms with Crippen molar-refractivity contribution in [3.63, 3.8) is 0 Å². The summed E-state index contributed by atoms with van der Waals surface area (Å²) < 4.78 is 0. The van der Waals surface area contributed by atoms with Crippen molar-refractivity contribution in [1.82, 2.24) is 15.1 Å². The maximum absolute atomic E-state index is 12.6. The van der Waals surface area contributed by atoms with Crippen LogP contribution in [0.1, 0.15) is 56.2 Å². The molecule has 2 heterocycles. The maximum Gasteiger partial charge on any atom is 0.224 e. The number of piperidine rings is 1. The SMILES string of the molecule is CC(=O)N1CC(C(=O)NCCCN2CCCC2=O)CCC1c1cccc(C)c1. The maximum atomic E-state index is 12.6. The molecule has 3 amide bonds. The van der Waals surface area contributed by atoms with Gasteiger partial charge in [-0.15, -0.1) is 0 Å². The van der Waals surface area contributed by atoms with Gasteiger partial charge in [-0.2, -0.15) is 0 Å². The van der Waals surface area contributed by atoms with Gasteiger partial charge in [0.15, 0.2) is 0 Å². The average molecular weight is 386 g/mol. The standard InChI is InChI=1S/C22H31N3O3/c1-16-6-3-7-18(14-16)20-10-9-19(15-25(20)17(2)26)22(28)23-11-5-13-24-12-4-8-21(24)27/h3,6-7,14,19-20H,4-5,8-13,15H2,1-2H3,(H,23,28). The van der Waals surface area contributed by atoms with E-state index < -0.39 is 0 Å². The smallest absolute Gasteiger partial charge is 0.224 e. The van der Waals surface area contributed by atoms with Crippen LogP contribution < -0.4 is 5.32 Å². The van der Waals surface area contributed by atoms with Crippen LogP contribution in [0.5, 0.6) is 0 Å². The molecule has 0 aliphatic carbocycles. The van der Waals surface area contributed by atoms with Gasteiger partial charge in [0.1, 0.15) is 0 Å². The van der Waals surface area contributed by atoms with Crippen LogP contribution in [0, 0.1) is 12.8 Å². The predicted molar refractivity (Wildman–Crippen MR) is 107 cm³/mol. The molecule has 2 unspecified atom stereocenters. The van der Waals surface area contributed by atoms with Gasteiger partial charge in [0.05, 0.1) is 12.0 Å². The number of likely N-dealkylation sites (tertiary alicyclic amines) is 2. The number of hydrogen-bond donors (Lipinski definition) is 1. The van der Waals surface area contributed by atoms with Gasteiger partial charge in [0, 0.05) is 39.5 Å². The molecule has 3 rings (SSSR count). The number of amides is 3. The lowest BCUT2D eigenvalue weighted by Gasteiger charge is -2.39. The van der Waals surface area contributed by atoms with Gasteiger partial charge < -0.3 is 15.1 Å². The van der Waals surface area contributed by atoms with Gasteiger partial charge in [0.2, 0.25) is 17.7 Å². The number of carbonyl (C=O) groups is 3. The van der Waals surface area contributed by atoms with E-state index in [1.165, 1.54) is 5.56 Å². The van der Waals surface area contributed by atoms with Crippen LogP contribution in [0.2, 0.25) is 0 Å². The molecule has 0 saturated carbocycles. The summed E-state index contributed by atoms with van der Waals surface area (Å²) in [6.45, 7) is 6.21. The third-order valence-corrected chi connectivity index (χ3v) is 5.86. The van der Waals surface area contributed by atoms with E-state index in [2.05, 4.69) is 30.4 Å². The fourth-order valence-electron chi connectivity index (χ4n) is 4.32. The molecule has 2 aliphatic rings. The minimum absolute atomic E-state index is 0.0107. The molecule has 0 spiro atoms. The molecule has 0 radical (unpaired) electrons. The number of rotatable bonds is 6. The molecule has 2 fully saturated rings. The summed E-state index contributed by atoms with van der Waals surface area (Å²) in [4.78, 5) is 40.2. The van der Waals surface area contributed by atoms with Crippen molar-refractivity contribution in [3.8, 4) is 0 Å². The Kier molecular flexibility index (Phi) is 6.70. The van der Waals surface area contributed by atoms with Gasteiger partial charge in [0.25, 0.3) is 0 Å². The van der Waals surface area contributed by atoms with Gasteiger partial charge in [-0.25, -0.2) is 0 Å². The minimum atomic E-state index is -0.168. The summed E-state index contributed by atoms with van der Waals surface area (Å²) in [6.07, 6.45) is 3.93. The normalized spacial score (nSPS) is 22.4. The van der Waals surface area contributed by atoms with Crippen LogP contribution in [0.4, 0.5) is 0 Å². The highest BCUT2D eigenvalue weighted by atomic mass is 16.2. The van der Waals surface area contributed by atoms with Gasteiger partial charge >= 0.3 is 0 Å². The first-order valence-corrected chi connectivity index (χ1v) is 10.3. The van der Waals surface area contributed by atoms with E-state index in [1.807, 2.05) is 15.9 Å². The van der Waals surface area contributed by atoms with Crippen molar-refractivity contribution in [2.45, 2.75) is 52.0 Å². The third-order valence-electron chi connectivity index (χ3n) is 5.86. The molecule has 6 nitrogen and oxygen atoms in total. The van der Waals surface area contributed by atoms with Crippen molar-refractivity contribution in [3.05, 3.63) is 35.4 Å². The summed E-state index contributed by atoms with van der Waals surface area (Å²) in [5.74, 6) is 0.0783. The Bertz CT molecular complexity index is 733. The molecule has 2 aliphatic heterocycles. The average Bonchev–Trinajstić information content (AvgIpc) is 3.09. The minimum Gasteiger partial charge on any atom is -0.356 e. The van der Waals surface area contributed by atoms with E-state index in [9.17, 15) is 14.4 Å². The molecule has 2 saturated heterocycles. The third kappa shape index (κ3) is 4.91. The molecule has 0 bridgehead atoms. The highest BCUT2D eigenvalue weighted by Crippen LogP contribution is 2.33. The second-order valence-corrected chi connectivity index (χ2v) is 8.00. The van der Waals surface area contributed by atoms with Crippen molar-refractivity contribution in [1.29, 1.82) is 0 Å². The second-order valence-electron chi connectivity index (χ2n) is 8.00. The van der Waals surface area contributed by atoms with Crippen LogP contribution in [-0.4, -0.2) is 53.7 Å². The fourth-order valence-corrected chi connectivity index (χ4v) is 4.32. The summed E-state index contributed by atoms with van der Waals surface area (Å²) in [7, 11) is 0. The Morgan fingerprint density at radius 3 is 2.75 bits per heavy atom. The first kappa shape index (κ1) is 20.4. The topological polar surface area (TPSA) is 69.7 Å². The zero-order chi connectivity index (χ0) is 20.1. The number of benzene rings is 1. The molecule has 28 heavy (non-hydrogen) atoms. The Balaban J connectivity index is 1.50. The van der Waals surface area contributed by atoms with Crippen LogP contribution in [0.3, 0.4) is 0 Å². The summed E-state index contributed by atoms with van der Waals surface area (Å²) in [5, 5.41) is 3.00. The number of nitrogens with one attached hydrogen (secondary N) is 1. The predicted octanol–water partition coefficient (Wildman–Crippen LogP) is 2.42. The summed E-state index contributed by atoms with van der Waals surface area (Å²) >= 11 is 0. The molecule has 1 aromatic carbocycles. The number of nitrogens with zero attached hydrogens (tertiary/aromatic N) is 2. The molecular formula is C22H31N3O3. The molecule has 1 aromatic rings. The fraction of sp³-hybridized carbons (Fsp3) is 0.591. The van der Waals surface area contributed by atoms with E-state index in [4.69, 9.17) is 0 Å². The first-order chi connectivity index (χ1) is 13.5. The number of carbonyl (C=O) groups excluding carboxylic acids is 3. The quantitative estimate of drug-likeness (QED) is 0.765. The Hall–Kier alpha value is -2.37. The molecule has 6 heteroatoms. The largest absolute Gasteiger partial charge is 0.356 e. The van der Waals surface area contributed by atoms with Crippen LogP contribution in [0.25, 0.3) is 0 Å². The van der Waals surface area contributed by atoms with Gasteiger partial charge in [-0.05, 0) is 38.2 Å². The number of aryl methyl sites for hydroxylation is 1. The van der Waals surface area contributed by atoms with E-state index in [0.29, 0.717) is 26.1 Å². The molecule has 1 N–H and O–H groups in total. The van der Waals surface area contributed by atoms with E-state index in [0.717, 1.165) is 37.8 Å². The van der Waals surface area contributed by atoms with Gasteiger partial charge in [-0.1, -0.05) is 29.8 Å². The Morgan fingerprint density at radius 1 is 1.25 bits per heavy atom. The molecule has 2 atom stereocenters. The van der Waals surface area contributed by atoms with E-state index in [1.54, 1.807) is 6.92 Å². The van der Waals surface area contributed by atoms with Crippen LogP contribution in [-0.2, 0) is 14.4 Å². The first-order valence-electron chi connectivity index (χ1n) is 10.3. The highest BCUT2D eigenvalue weighted by Gasteiger charge is 2.34. The van der Waals surface area contributed by atoms with Gasteiger partial charge in [-0.3, -0.25) is 14.4 Å². The van der Waals surface area contributed by atoms with E-state index >= 15 is 0 Å². The van der Waals surface area contributed by atoms with Crippen LogP contribution in [0.15, 0.2) is 24.3 Å². The van der Waals surface area contributed by atoms with Crippen LogP contribution >= 0.6 is 0 Å². The molecule has 0 aromatic heterocycles. The monoisotopic (exact) mass is 385 g/mol. The Morgan fingerprint density at radius 2 is 2.07 bits per heavy atom. The van der Waals surface area contributed by atoms with Crippen molar-refractivity contribution in [2.24, 2.45) is 5.92 Å². The lowest BCUT2D eigenvalue weighted by Crippen LogP contribution is -2.46. The summed E-state index contributed by atoms with van der Waals surface area (Å²) in [5.41, 5.74) is 2.32. The highest BCUT2D eigenvalue weighted by molar-refractivity contribution is 5.81. The lowest BCUT2D eigenvalue weighted by atomic mass is 9.88. The Labute approximate surface area is 167 Å². The molecular weight excluding hydrogens is 354 g/mol.